The molecule has 0 spiro atoms. The number of rotatable bonds is 5. The Kier molecular flexibility index (Phi) is 5.16. The van der Waals surface area contributed by atoms with E-state index in [9.17, 15) is 4.79 Å². The monoisotopic (exact) mass is 197 g/mol. The molecule has 0 aromatic carbocycles. The first-order valence-electron chi connectivity index (χ1n) is 5.92. The van der Waals surface area contributed by atoms with Gasteiger partial charge in [-0.3, -0.25) is 4.79 Å². The fourth-order valence-corrected chi connectivity index (χ4v) is 1.91. The maximum absolute atomic E-state index is 11.0. The first-order chi connectivity index (χ1) is 6.68. The number of ketones is 1. The molecule has 2 heteroatoms. The lowest BCUT2D eigenvalue weighted by Gasteiger charge is -2.25. The zero-order valence-electron chi connectivity index (χ0n) is 9.59. The van der Waals surface area contributed by atoms with Crippen LogP contribution in [-0.4, -0.2) is 30.3 Å². The summed E-state index contributed by atoms with van der Waals surface area (Å²) in [6.07, 6.45) is 5.54. The molecule has 0 aliphatic carbocycles. The van der Waals surface area contributed by atoms with Gasteiger partial charge in [0.05, 0.1) is 0 Å². The van der Waals surface area contributed by atoms with Crippen LogP contribution in [0, 0.1) is 5.92 Å². The van der Waals surface area contributed by atoms with Crippen LogP contribution in [0.1, 0.15) is 46.0 Å². The van der Waals surface area contributed by atoms with E-state index in [0.717, 1.165) is 31.8 Å². The molecule has 0 aromatic heterocycles. The largest absolute Gasteiger partial charge is 0.302 e. The van der Waals surface area contributed by atoms with Crippen molar-refractivity contribution in [2.24, 2.45) is 5.92 Å². The van der Waals surface area contributed by atoms with Crippen molar-refractivity contribution < 1.29 is 4.79 Å². The minimum atomic E-state index is 0.448. The summed E-state index contributed by atoms with van der Waals surface area (Å²) >= 11 is 0. The number of nitrogens with zero attached hydrogens (tertiary/aromatic N) is 1. The molecule has 0 radical (unpaired) electrons. The lowest BCUT2D eigenvalue weighted by Crippen LogP contribution is -2.34. The van der Waals surface area contributed by atoms with Crippen molar-refractivity contribution >= 4 is 5.78 Å². The summed E-state index contributed by atoms with van der Waals surface area (Å²) in [5.41, 5.74) is 0. The van der Waals surface area contributed by atoms with E-state index < -0.39 is 0 Å². The minimum absolute atomic E-state index is 0.448. The number of Topliss-reactive ketones (excluding diaryl/α,β-unsaturated/α-hetero) is 1. The van der Waals surface area contributed by atoms with Crippen LogP contribution in [0.3, 0.4) is 0 Å². The lowest BCUT2D eigenvalue weighted by molar-refractivity contribution is -0.121. The highest BCUT2D eigenvalue weighted by atomic mass is 16.1. The molecule has 0 amide bonds. The molecular formula is C12H23NO. The Bertz CT molecular complexity index is 167. The molecule has 0 bridgehead atoms. The second kappa shape index (κ2) is 6.18. The van der Waals surface area contributed by atoms with E-state index in [1.54, 1.807) is 0 Å². The molecule has 1 fully saturated rings. The van der Waals surface area contributed by atoms with E-state index in [0.29, 0.717) is 5.78 Å². The summed E-state index contributed by atoms with van der Waals surface area (Å²) in [6, 6.07) is 0. The van der Waals surface area contributed by atoms with Crippen molar-refractivity contribution in [1.82, 2.24) is 4.90 Å². The third-order valence-electron chi connectivity index (χ3n) is 2.92. The fraction of sp³-hybridized carbons (Fsp3) is 0.917. The first kappa shape index (κ1) is 11.7. The number of carbonyl (C=O) groups excluding carboxylic acids is 1. The highest BCUT2D eigenvalue weighted by Gasteiger charge is 2.14. The molecule has 1 heterocycles. The SMILES string of the molecule is CC(C)CCCCN1CCC(=O)CC1. The van der Waals surface area contributed by atoms with Crippen LogP contribution in [0.2, 0.25) is 0 Å². The van der Waals surface area contributed by atoms with E-state index in [-0.39, 0.29) is 0 Å². The molecule has 0 aromatic rings. The molecule has 82 valence electrons. The van der Waals surface area contributed by atoms with E-state index >= 15 is 0 Å². The second-order valence-corrected chi connectivity index (χ2v) is 4.77. The van der Waals surface area contributed by atoms with Crippen molar-refractivity contribution in [2.45, 2.75) is 46.0 Å². The molecule has 14 heavy (non-hydrogen) atoms. The summed E-state index contributed by atoms with van der Waals surface area (Å²) < 4.78 is 0. The van der Waals surface area contributed by atoms with Crippen molar-refractivity contribution in [3.05, 3.63) is 0 Å². The Balaban J connectivity index is 1.99. The van der Waals surface area contributed by atoms with Crippen LogP contribution in [0.4, 0.5) is 0 Å². The van der Waals surface area contributed by atoms with Crippen LogP contribution in [0.5, 0.6) is 0 Å². The molecule has 0 unspecified atom stereocenters. The summed E-state index contributed by atoms with van der Waals surface area (Å²) in [7, 11) is 0. The van der Waals surface area contributed by atoms with Gasteiger partial charge in [-0.15, -0.1) is 0 Å². The summed E-state index contributed by atoms with van der Waals surface area (Å²) in [5, 5.41) is 0. The molecule has 1 aliphatic rings. The lowest BCUT2D eigenvalue weighted by atomic mass is 10.1. The van der Waals surface area contributed by atoms with Crippen molar-refractivity contribution in [2.75, 3.05) is 19.6 Å². The van der Waals surface area contributed by atoms with Gasteiger partial charge in [-0.2, -0.15) is 0 Å². The standard InChI is InChI=1S/C12H23NO/c1-11(2)5-3-4-8-13-9-6-12(14)7-10-13/h11H,3-10H2,1-2H3. The van der Waals surface area contributed by atoms with Gasteiger partial charge in [-0.1, -0.05) is 26.7 Å². The number of hydrogen-bond donors (Lipinski definition) is 0. The van der Waals surface area contributed by atoms with Crippen molar-refractivity contribution in [3.63, 3.8) is 0 Å². The Morgan fingerprint density at radius 2 is 1.86 bits per heavy atom. The average Bonchev–Trinajstić information content (AvgIpc) is 2.15. The van der Waals surface area contributed by atoms with Gasteiger partial charge >= 0.3 is 0 Å². The maximum Gasteiger partial charge on any atom is 0.135 e. The zero-order valence-corrected chi connectivity index (χ0v) is 9.59. The molecule has 0 saturated carbocycles. The summed E-state index contributed by atoms with van der Waals surface area (Å²) in [6.45, 7) is 7.75. The van der Waals surface area contributed by atoms with Gasteiger partial charge in [0.25, 0.3) is 0 Å². The number of likely N-dealkylation sites (tertiary alicyclic amines) is 1. The number of piperidine rings is 1. The molecule has 1 aliphatic heterocycles. The van der Waals surface area contributed by atoms with Gasteiger partial charge < -0.3 is 4.90 Å². The van der Waals surface area contributed by atoms with Crippen LogP contribution in [-0.2, 0) is 4.79 Å². The van der Waals surface area contributed by atoms with Crippen LogP contribution in [0.25, 0.3) is 0 Å². The predicted octanol–water partition coefficient (Wildman–Crippen LogP) is 2.48. The normalized spacial score (nSPS) is 19.2. The van der Waals surface area contributed by atoms with Crippen LogP contribution < -0.4 is 0 Å². The molecule has 1 saturated heterocycles. The Morgan fingerprint density at radius 3 is 2.43 bits per heavy atom. The van der Waals surface area contributed by atoms with E-state index in [4.69, 9.17) is 0 Å². The van der Waals surface area contributed by atoms with Crippen molar-refractivity contribution in [3.8, 4) is 0 Å². The molecule has 0 N–H and O–H groups in total. The first-order valence-corrected chi connectivity index (χ1v) is 5.92. The topological polar surface area (TPSA) is 20.3 Å². The number of carbonyl (C=O) groups is 1. The second-order valence-electron chi connectivity index (χ2n) is 4.77. The van der Waals surface area contributed by atoms with Gasteiger partial charge in [-0.05, 0) is 18.9 Å². The van der Waals surface area contributed by atoms with E-state index in [2.05, 4.69) is 18.7 Å². The van der Waals surface area contributed by atoms with Gasteiger partial charge in [0.2, 0.25) is 0 Å². The van der Waals surface area contributed by atoms with Crippen LogP contribution in [0.15, 0.2) is 0 Å². The average molecular weight is 197 g/mol. The molecule has 2 nitrogen and oxygen atoms in total. The Morgan fingerprint density at radius 1 is 1.21 bits per heavy atom. The van der Waals surface area contributed by atoms with E-state index in [1.807, 2.05) is 0 Å². The molecule has 1 rings (SSSR count). The van der Waals surface area contributed by atoms with Gasteiger partial charge in [0.15, 0.2) is 0 Å². The number of unbranched alkanes of at least 4 members (excludes halogenated alkanes) is 1. The molecule has 0 atom stereocenters. The smallest absolute Gasteiger partial charge is 0.135 e. The maximum atomic E-state index is 11.0. The zero-order chi connectivity index (χ0) is 10.4. The summed E-state index contributed by atoms with van der Waals surface area (Å²) in [4.78, 5) is 13.4. The quantitative estimate of drug-likeness (QED) is 0.631. The Hall–Kier alpha value is -0.370. The fourth-order valence-electron chi connectivity index (χ4n) is 1.91. The highest BCUT2D eigenvalue weighted by molar-refractivity contribution is 5.79. The van der Waals surface area contributed by atoms with Gasteiger partial charge in [0.1, 0.15) is 5.78 Å². The predicted molar refractivity (Wildman–Crippen MR) is 59.4 cm³/mol. The Labute approximate surface area is 87.7 Å². The summed E-state index contributed by atoms with van der Waals surface area (Å²) in [5.74, 6) is 1.28. The van der Waals surface area contributed by atoms with Gasteiger partial charge in [0, 0.05) is 25.9 Å². The highest BCUT2D eigenvalue weighted by Crippen LogP contribution is 2.10. The van der Waals surface area contributed by atoms with Gasteiger partial charge in [-0.25, -0.2) is 0 Å². The molecular weight excluding hydrogens is 174 g/mol. The van der Waals surface area contributed by atoms with Crippen LogP contribution >= 0.6 is 0 Å². The number of hydrogen-bond acceptors (Lipinski definition) is 2. The third kappa shape index (κ3) is 4.75. The minimum Gasteiger partial charge on any atom is -0.302 e. The van der Waals surface area contributed by atoms with Crippen molar-refractivity contribution in [1.29, 1.82) is 0 Å². The third-order valence-corrected chi connectivity index (χ3v) is 2.92. The van der Waals surface area contributed by atoms with E-state index in [1.165, 1.54) is 25.8 Å².